The lowest BCUT2D eigenvalue weighted by Crippen LogP contribution is -2.22. The highest BCUT2D eigenvalue weighted by molar-refractivity contribution is 7.99. The van der Waals surface area contributed by atoms with Gasteiger partial charge < -0.3 is 15.1 Å². The molecule has 1 aliphatic heterocycles. The van der Waals surface area contributed by atoms with Crippen molar-refractivity contribution in [3.05, 3.63) is 23.8 Å². The molecule has 160 valence electrons. The number of fused-ring (bicyclic) bond motifs is 1. The van der Waals surface area contributed by atoms with E-state index in [-0.39, 0.29) is 18.1 Å². The Morgan fingerprint density at radius 3 is 2.86 bits per heavy atom. The lowest BCUT2D eigenvalue weighted by Gasteiger charge is -2.19. The lowest BCUT2D eigenvalue weighted by molar-refractivity contribution is 0.139. The Bertz CT molecular complexity index is 515. The molecular formula is C24H41NO2S. The van der Waals surface area contributed by atoms with Gasteiger partial charge in [0.1, 0.15) is 0 Å². The van der Waals surface area contributed by atoms with Gasteiger partial charge in [-0.15, -0.1) is 0 Å². The van der Waals surface area contributed by atoms with Crippen LogP contribution in [0.15, 0.2) is 23.8 Å². The highest BCUT2D eigenvalue weighted by Crippen LogP contribution is 2.48. The van der Waals surface area contributed by atoms with Gasteiger partial charge in [0.05, 0.1) is 12.2 Å². The van der Waals surface area contributed by atoms with E-state index in [0.29, 0.717) is 11.8 Å². The third-order valence-corrected chi connectivity index (χ3v) is 7.89. The quantitative estimate of drug-likeness (QED) is 0.365. The van der Waals surface area contributed by atoms with Gasteiger partial charge in [-0.25, -0.2) is 0 Å². The lowest BCUT2D eigenvalue weighted by atomic mass is 9.88. The number of unbranched alkanes of at least 4 members (excludes halogenated alkanes) is 2. The number of aliphatic hydroxyl groups is 2. The van der Waals surface area contributed by atoms with Crippen LogP contribution in [0.5, 0.6) is 0 Å². The van der Waals surface area contributed by atoms with Crippen LogP contribution in [0.3, 0.4) is 0 Å². The van der Waals surface area contributed by atoms with E-state index in [2.05, 4.69) is 35.7 Å². The van der Waals surface area contributed by atoms with Gasteiger partial charge in [0.2, 0.25) is 0 Å². The summed E-state index contributed by atoms with van der Waals surface area (Å²) in [6, 6.07) is 0. The molecule has 3 nitrogen and oxygen atoms in total. The summed E-state index contributed by atoms with van der Waals surface area (Å²) in [6.07, 6.45) is 16.3. The minimum absolute atomic E-state index is 0.224. The first-order chi connectivity index (χ1) is 13.7. The normalized spacial score (nSPS) is 31.6. The molecule has 2 aliphatic carbocycles. The van der Waals surface area contributed by atoms with Crippen LogP contribution >= 0.6 is 11.8 Å². The fourth-order valence-electron chi connectivity index (χ4n) is 5.25. The van der Waals surface area contributed by atoms with Crippen molar-refractivity contribution in [3.63, 3.8) is 0 Å². The largest absolute Gasteiger partial charge is 0.392 e. The maximum absolute atomic E-state index is 10.5. The second-order valence-corrected chi connectivity index (χ2v) is 10.3. The molecule has 5 atom stereocenters. The molecule has 1 saturated heterocycles. The number of hydrogen-bond donors (Lipinski definition) is 2. The maximum Gasteiger partial charge on any atom is 0.0721 e. The predicted molar refractivity (Wildman–Crippen MR) is 121 cm³/mol. The van der Waals surface area contributed by atoms with E-state index in [0.717, 1.165) is 25.7 Å². The number of nitrogens with zero attached hydrogens (tertiary/aromatic N) is 1. The SMILES string of the molecule is CCCCC[C@H](O)/C=C/[C@@H]1[C@H]2CC(CCSCCN3CCCC3)=C[C@H]2C[C@H]1O. The van der Waals surface area contributed by atoms with Crippen molar-refractivity contribution in [1.29, 1.82) is 0 Å². The zero-order valence-electron chi connectivity index (χ0n) is 17.8. The number of aliphatic hydroxyl groups excluding tert-OH is 2. The van der Waals surface area contributed by atoms with E-state index in [1.165, 1.54) is 63.2 Å². The summed E-state index contributed by atoms with van der Waals surface area (Å²) < 4.78 is 0. The molecule has 0 aromatic heterocycles. The first kappa shape index (κ1) is 22.4. The van der Waals surface area contributed by atoms with Crippen molar-refractivity contribution < 1.29 is 10.2 Å². The summed E-state index contributed by atoms with van der Waals surface area (Å²) >= 11 is 2.10. The fourth-order valence-corrected chi connectivity index (χ4v) is 6.25. The van der Waals surface area contributed by atoms with E-state index in [4.69, 9.17) is 0 Å². The molecule has 1 saturated carbocycles. The summed E-state index contributed by atoms with van der Waals surface area (Å²) in [5.41, 5.74) is 1.61. The molecule has 0 spiro atoms. The molecule has 0 radical (unpaired) electrons. The van der Waals surface area contributed by atoms with E-state index < -0.39 is 0 Å². The van der Waals surface area contributed by atoms with Crippen molar-refractivity contribution >= 4 is 11.8 Å². The molecule has 0 aromatic rings. The summed E-state index contributed by atoms with van der Waals surface area (Å²) in [5.74, 6) is 3.82. The summed E-state index contributed by atoms with van der Waals surface area (Å²) in [5, 5.41) is 20.7. The van der Waals surface area contributed by atoms with Crippen molar-refractivity contribution in [2.24, 2.45) is 17.8 Å². The van der Waals surface area contributed by atoms with E-state index in [9.17, 15) is 10.2 Å². The molecule has 0 amide bonds. The van der Waals surface area contributed by atoms with Crippen molar-refractivity contribution in [2.75, 3.05) is 31.1 Å². The molecular weight excluding hydrogens is 366 g/mol. The van der Waals surface area contributed by atoms with Crippen LogP contribution in [0.4, 0.5) is 0 Å². The average molecular weight is 408 g/mol. The van der Waals surface area contributed by atoms with Gasteiger partial charge >= 0.3 is 0 Å². The zero-order chi connectivity index (χ0) is 19.8. The Kier molecular flexibility index (Phi) is 9.42. The minimum Gasteiger partial charge on any atom is -0.392 e. The monoisotopic (exact) mass is 407 g/mol. The molecule has 0 unspecified atom stereocenters. The van der Waals surface area contributed by atoms with Gasteiger partial charge in [-0.05, 0) is 69.2 Å². The van der Waals surface area contributed by atoms with Crippen LogP contribution in [0.2, 0.25) is 0 Å². The zero-order valence-corrected chi connectivity index (χ0v) is 18.6. The van der Waals surface area contributed by atoms with Crippen LogP contribution in [0.25, 0.3) is 0 Å². The highest BCUT2D eigenvalue weighted by atomic mass is 32.2. The molecule has 3 aliphatic rings. The Labute approximate surface area is 176 Å². The second kappa shape index (κ2) is 11.8. The van der Waals surface area contributed by atoms with E-state index in [1.807, 2.05) is 6.08 Å². The summed E-state index contributed by atoms with van der Waals surface area (Å²) in [6.45, 7) is 6.06. The summed E-state index contributed by atoms with van der Waals surface area (Å²) in [4.78, 5) is 2.60. The van der Waals surface area contributed by atoms with E-state index >= 15 is 0 Å². The van der Waals surface area contributed by atoms with Crippen LogP contribution in [0.1, 0.15) is 64.7 Å². The smallest absolute Gasteiger partial charge is 0.0721 e. The molecule has 0 bridgehead atoms. The molecule has 2 fully saturated rings. The van der Waals surface area contributed by atoms with Crippen LogP contribution in [-0.4, -0.2) is 58.5 Å². The summed E-state index contributed by atoms with van der Waals surface area (Å²) in [7, 11) is 0. The molecule has 2 N–H and O–H groups in total. The second-order valence-electron chi connectivity index (χ2n) is 9.10. The Hall–Kier alpha value is -0.290. The van der Waals surface area contributed by atoms with Crippen molar-refractivity contribution in [1.82, 2.24) is 4.90 Å². The maximum atomic E-state index is 10.5. The van der Waals surface area contributed by atoms with Crippen molar-refractivity contribution in [3.8, 4) is 0 Å². The molecule has 0 aromatic carbocycles. The molecule has 28 heavy (non-hydrogen) atoms. The fraction of sp³-hybridized carbons (Fsp3) is 0.833. The third kappa shape index (κ3) is 6.62. The first-order valence-electron chi connectivity index (χ1n) is 11.7. The average Bonchev–Trinajstić information content (AvgIpc) is 3.37. The Morgan fingerprint density at radius 2 is 2.07 bits per heavy atom. The minimum atomic E-state index is -0.348. The Morgan fingerprint density at radius 1 is 1.25 bits per heavy atom. The number of likely N-dealkylation sites (tertiary alicyclic amines) is 1. The highest BCUT2D eigenvalue weighted by Gasteiger charge is 2.43. The van der Waals surface area contributed by atoms with E-state index in [1.54, 1.807) is 5.57 Å². The number of thioether (sulfide) groups is 1. The molecule has 3 rings (SSSR count). The first-order valence-corrected chi connectivity index (χ1v) is 12.9. The number of hydrogen-bond acceptors (Lipinski definition) is 4. The van der Waals surface area contributed by atoms with Gasteiger partial charge in [0.25, 0.3) is 0 Å². The predicted octanol–water partition coefficient (Wildman–Crippen LogP) is 4.65. The number of allylic oxidation sites excluding steroid dienone is 2. The molecule has 4 heteroatoms. The van der Waals surface area contributed by atoms with Gasteiger partial charge in [-0.3, -0.25) is 0 Å². The van der Waals surface area contributed by atoms with Crippen LogP contribution in [-0.2, 0) is 0 Å². The molecule has 1 heterocycles. The van der Waals surface area contributed by atoms with Crippen LogP contribution in [0, 0.1) is 17.8 Å². The standard InChI is InChI=1S/C24H41NO2S/c1-2-3-4-7-21(26)8-9-22-23-17-19(16-20(23)18-24(22)27)10-14-28-15-13-25-11-5-6-12-25/h8-9,16,20-24,26-27H,2-7,10-15,17-18H2,1H3/b9-8+/t20-,21-,22+,23-,24+/m0/s1. The topological polar surface area (TPSA) is 43.7 Å². The van der Waals surface area contributed by atoms with Gasteiger partial charge in [0, 0.05) is 18.2 Å². The van der Waals surface area contributed by atoms with Gasteiger partial charge in [0.15, 0.2) is 0 Å². The van der Waals surface area contributed by atoms with Gasteiger partial charge in [-0.1, -0.05) is 50.0 Å². The third-order valence-electron chi connectivity index (χ3n) is 6.93. The van der Waals surface area contributed by atoms with Crippen LogP contribution < -0.4 is 0 Å². The van der Waals surface area contributed by atoms with Gasteiger partial charge in [-0.2, -0.15) is 11.8 Å². The number of rotatable bonds is 12. The van der Waals surface area contributed by atoms with Crippen molar-refractivity contribution in [2.45, 2.75) is 76.9 Å². The Balaban J connectivity index is 1.36.